The molecule has 0 aromatic carbocycles. The topological polar surface area (TPSA) is 32.3 Å². The Morgan fingerprint density at radius 2 is 1.34 bits per heavy atom. The van der Waals surface area contributed by atoms with Crippen molar-refractivity contribution in [1.29, 1.82) is 0 Å². The number of thioether (sulfide) groups is 1. The van der Waals surface area contributed by atoms with Gasteiger partial charge < -0.3 is 10.2 Å². The number of nitrogens with zero attached hydrogens (tertiary/aromatic N) is 1. The number of halogens is 9. The van der Waals surface area contributed by atoms with E-state index in [0.717, 1.165) is 37.6 Å². The van der Waals surface area contributed by atoms with Crippen LogP contribution in [0.15, 0.2) is 0 Å². The van der Waals surface area contributed by atoms with Gasteiger partial charge in [0, 0.05) is 19.4 Å². The predicted molar refractivity (Wildman–Crippen MR) is 107 cm³/mol. The molecule has 0 aromatic rings. The highest BCUT2D eigenvalue weighted by Gasteiger charge is 2.81. The minimum absolute atomic E-state index is 0.0341. The summed E-state index contributed by atoms with van der Waals surface area (Å²) >= 11 is 0.789. The average Bonchev–Trinajstić information content (AvgIpc) is 2.65. The largest absolute Gasteiger partial charge is 0.460 e. The smallest absolute Gasteiger partial charge is 0.356 e. The molecule has 0 saturated heterocycles. The van der Waals surface area contributed by atoms with Gasteiger partial charge in [-0.25, -0.2) is 0 Å². The van der Waals surface area contributed by atoms with Gasteiger partial charge >= 0.3 is 23.9 Å². The first kappa shape index (κ1) is 31.1. The van der Waals surface area contributed by atoms with Gasteiger partial charge in [0.1, 0.15) is 0 Å². The molecular formula is C19H31F9N2OS. The van der Waals surface area contributed by atoms with E-state index in [1.54, 1.807) is 0 Å². The van der Waals surface area contributed by atoms with Gasteiger partial charge in [-0.1, -0.05) is 19.3 Å². The van der Waals surface area contributed by atoms with Crippen molar-refractivity contribution in [1.82, 2.24) is 10.2 Å². The van der Waals surface area contributed by atoms with E-state index >= 15 is 0 Å². The van der Waals surface area contributed by atoms with E-state index in [2.05, 4.69) is 5.32 Å². The van der Waals surface area contributed by atoms with Crippen LogP contribution in [0.5, 0.6) is 0 Å². The lowest BCUT2D eigenvalue weighted by Crippen LogP contribution is -2.60. The van der Waals surface area contributed by atoms with Crippen molar-refractivity contribution in [3.8, 4) is 0 Å². The molecular weight excluding hydrogens is 475 g/mol. The molecule has 0 bridgehead atoms. The first-order valence-corrected chi connectivity index (χ1v) is 11.4. The van der Waals surface area contributed by atoms with Crippen molar-refractivity contribution < 1.29 is 44.3 Å². The molecule has 0 fully saturated rings. The summed E-state index contributed by atoms with van der Waals surface area (Å²) in [6, 6.07) is 0. The van der Waals surface area contributed by atoms with Crippen molar-refractivity contribution in [2.75, 3.05) is 38.7 Å². The summed E-state index contributed by atoms with van der Waals surface area (Å²) in [5.74, 6) is -19.3. The van der Waals surface area contributed by atoms with Crippen molar-refractivity contribution in [3.63, 3.8) is 0 Å². The molecule has 0 aliphatic heterocycles. The maximum Gasteiger partial charge on any atom is 0.460 e. The minimum atomic E-state index is -6.82. The van der Waals surface area contributed by atoms with Gasteiger partial charge in [0.25, 0.3) is 0 Å². The second-order valence-electron chi connectivity index (χ2n) is 7.74. The maximum absolute atomic E-state index is 13.4. The highest BCUT2D eigenvalue weighted by Crippen LogP contribution is 2.54. The Labute approximate surface area is 186 Å². The molecule has 0 atom stereocenters. The second kappa shape index (κ2) is 13.8. The monoisotopic (exact) mass is 506 g/mol. The molecule has 0 heterocycles. The number of hydrogen-bond donors (Lipinski definition) is 1. The van der Waals surface area contributed by atoms with Crippen molar-refractivity contribution in [2.24, 2.45) is 0 Å². The van der Waals surface area contributed by atoms with Crippen LogP contribution in [0.1, 0.15) is 51.4 Å². The Morgan fingerprint density at radius 1 is 0.781 bits per heavy atom. The Hall–Kier alpha value is -0.850. The lowest BCUT2D eigenvalue weighted by atomic mass is 10.0. The predicted octanol–water partition coefficient (Wildman–Crippen LogP) is 5.99. The van der Waals surface area contributed by atoms with Crippen LogP contribution < -0.4 is 5.32 Å². The quantitative estimate of drug-likeness (QED) is 0.194. The van der Waals surface area contributed by atoms with Crippen LogP contribution in [0.2, 0.25) is 0 Å². The standard InChI is InChI=1S/C19H31F9N2OS/c1-30(2)12-8-11-29-15(31)9-6-4-3-5-7-13-32-14-10-16(20,21)17(22,23)18(24,25)19(26,27)28/h3-14H2,1-2H3,(H,29,31). The molecule has 0 aromatic heterocycles. The fourth-order valence-corrected chi connectivity index (χ4v) is 3.61. The number of nitrogens with one attached hydrogen (secondary N) is 1. The van der Waals surface area contributed by atoms with E-state index in [4.69, 9.17) is 0 Å². The molecule has 1 N–H and O–H groups in total. The number of alkyl halides is 9. The summed E-state index contributed by atoms with van der Waals surface area (Å²) in [5, 5.41) is 2.81. The SMILES string of the molecule is CN(C)CCCNC(=O)CCCCCCCSCCC(F)(F)C(F)(F)C(F)(F)C(F)(F)F. The van der Waals surface area contributed by atoms with E-state index in [1.165, 1.54) is 0 Å². The zero-order valence-electron chi connectivity index (χ0n) is 18.2. The lowest BCUT2D eigenvalue weighted by molar-refractivity contribution is -0.396. The zero-order valence-corrected chi connectivity index (χ0v) is 19.0. The van der Waals surface area contributed by atoms with Crippen LogP contribution >= 0.6 is 11.8 Å². The van der Waals surface area contributed by atoms with Gasteiger partial charge in [-0.05, 0) is 51.4 Å². The Morgan fingerprint density at radius 3 is 1.91 bits per heavy atom. The van der Waals surface area contributed by atoms with Crippen LogP contribution in [0.3, 0.4) is 0 Å². The van der Waals surface area contributed by atoms with Crippen LogP contribution in [0.4, 0.5) is 39.5 Å². The fraction of sp³-hybridized carbons (Fsp3) is 0.947. The number of hydrogen-bond acceptors (Lipinski definition) is 3. The van der Waals surface area contributed by atoms with Crippen molar-refractivity contribution in [3.05, 3.63) is 0 Å². The number of unbranched alkanes of at least 4 members (excludes halogenated alkanes) is 4. The number of carbonyl (C=O) groups is 1. The van der Waals surface area contributed by atoms with Crippen LogP contribution in [-0.2, 0) is 4.79 Å². The molecule has 0 rings (SSSR count). The van der Waals surface area contributed by atoms with E-state index in [9.17, 15) is 44.3 Å². The zero-order chi connectivity index (χ0) is 25.1. The fourth-order valence-electron chi connectivity index (χ4n) is 2.60. The van der Waals surface area contributed by atoms with Crippen molar-refractivity contribution in [2.45, 2.75) is 75.3 Å². The first-order chi connectivity index (χ1) is 14.6. The average molecular weight is 507 g/mol. The molecule has 1 amide bonds. The molecule has 192 valence electrons. The molecule has 13 heteroatoms. The number of amides is 1. The Kier molecular flexibility index (Phi) is 13.4. The summed E-state index contributed by atoms with van der Waals surface area (Å²) in [7, 11) is 3.88. The van der Waals surface area contributed by atoms with Gasteiger partial charge in [-0.3, -0.25) is 4.79 Å². The molecule has 0 radical (unpaired) electrons. The van der Waals surface area contributed by atoms with Crippen molar-refractivity contribution >= 4 is 17.7 Å². The third-order valence-corrected chi connectivity index (χ3v) is 5.64. The molecule has 0 spiro atoms. The van der Waals surface area contributed by atoms with E-state index in [0.29, 0.717) is 32.2 Å². The number of carbonyl (C=O) groups excluding carboxylic acids is 1. The van der Waals surface area contributed by atoms with Gasteiger partial charge in [0.15, 0.2) is 0 Å². The highest BCUT2D eigenvalue weighted by molar-refractivity contribution is 7.99. The minimum Gasteiger partial charge on any atom is -0.356 e. The molecule has 3 nitrogen and oxygen atoms in total. The molecule has 0 unspecified atom stereocenters. The third-order valence-electron chi connectivity index (χ3n) is 4.57. The second-order valence-corrected chi connectivity index (χ2v) is 8.96. The summed E-state index contributed by atoms with van der Waals surface area (Å²) in [5.41, 5.74) is 0. The highest BCUT2D eigenvalue weighted by atomic mass is 32.2. The summed E-state index contributed by atoms with van der Waals surface area (Å²) in [6.07, 6.45) is -3.88. The summed E-state index contributed by atoms with van der Waals surface area (Å²) < 4.78 is 115. The Balaban J connectivity index is 3.90. The van der Waals surface area contributed by atoms with E-state index < -0.39 is 36.1 Å². The van der Waals surface area contributed by atoms with Gasteiger partial charge in [0.2, 0.25) is 5.91 Å². The Bertz CT molecular complexity index is 543. The van der Waals surface area contributed by atoms with E-state index in [1.807, 2.05) is 19.0 Å². The van der Waals surface area contributed by atoms with Crippen LogP contribution in [0.25, 0.3) is 0 Å². The van der Waals surface area contributed by atoms with Crippen LogP contribution in [-0.4, -0.2) is 73.4 Å². The van der Waals surface area contributed by atoms with Gasteiger partial charge in [0.05, 0.1) is 0 Å². The maximum atomic E-state index is 13.4. The molecule has 0 saturated carbocycles. The summed E-state index contributed by atoms with van der Waals surface area (Å²) in [4.78, 5) is 13.6. The normalized spacial score (nSPS) is 13.6. The van der Waals surface area contributed by atoms with E-state index in [-0.39, 0.29) is 11.7 Å². The first-order valence-electron chi connectivity index (χ1n) is 10.3. The van der Waals surface area contributed by atoms with Gasteiger partial charge in [-0.15, -0.1) is 0 Å². The van der Waals surface area contributed by atoms with Gasteiger partial charge in [-0.2, -0.15) is 51.3 Å². The molecule has 0 aliphatic carbocycles. The number of rotatable bonds is 17. The molecule has 0 aliphatic rings. The van der Waals surface area contributed by atoms with Crippen LogP contribution in [0, 0.1) is 0 Å². The lowest BCUT2D eigenvalue weighted by Gasteiger charge is -2.33. The summed E-state index contributed by atoms with van der Waals surface area (Å²) in [6.45, 7) is 1.48. The molecule has 32 heavy (non-hydrogen) atoms. The third kappa shape index (κ3) is 10.4.